The number of carbonyl (C=O) groups excluding carboxylic acids is 1. The van der Waals surface area contributed by atoms with Gasteiger partial charge in [-0.05, 0) is 31.2 Å². The number of aromatic nitrogens is 5. The molecule has 11 heteroatoms. The number of amides is 1. The Balaban J connectivity index is 1.54. The van der Waals surface area contributed by atoms with Gasteiger partial charge in [-0.2, -0.15) is 0 Å². The molecule has 0 aliphatic rings. The van der Waals surface area contributed by atoms with Gasteiger partial charge >= 0.3 is 0 Å². The summed E-state index contributed by atoms with van der Waals surface area (Å²) in [5.74, 6) is 2.51. The van der Waals surface area contributed by atoms with Crippen LogP contribution in [0.1, 0.15) is 37.5 Å². The van der Waals surface area contributed by atoms with Crippen LogP contribution >= 0.6 is 23.1 Å². The van der Waals surface area contributed by atoms with Crippen LogP contribution < -0.4 is 14.8 Å². The lowest BCUT2D eigenvalue weighted by Crippen LogP contribution is -2.14. The van der Waals surface area contributed by atoms with Crippen LogP contribution in [0.25, 0.3) is 0 Å². The molecule has 1 aromatic carbocycles. The van der Waals surface area contributed by atoms with Gasteiger partial charge in [0.25, 0.3) is 0 Å². The third kappa shape index (κ3) is 5.70. The minimum Gasteiger partial charge on any atom is -0.497 e. The zero-order valence-corrected chi connectivity index (χ0v) is 18.9. The molecule has 0 unspecified atom stereocenters. The Morgan fingerprint density at radius 1 is 1.17 bits per heavy atom. The quantitative estimate of drug-likeness (QED) is 0.469. The van der Waals surface area contributed by atoms with E-state index in [9.17, 15) is 4.79 Å². The second-order valence-electron chi connectivity index (χ2n) is 6.54. The first-order chi connectivity index (χ1) is 14.5. The number of hydrogen-bond acceptors (Lipinski definition) is 9. The van der Waals surface area contributed by atoms with E-state index < -0.39 is 0 Å². The summed E-state index contributed by atoms with van der Waals surface area (Å²) in [7, 11) is 1.62. The molecule has 0 aliphatic heterocycles. The van der Waals surface area contributed by atoms with Gasteiger partial charge in [0.2, 0.25) is 11.0 Å². The largest absolute Gasteiger partial charge is 0.497 e. The second-order valence-corrected chi connectivity index (χ2v) is 8.50. The van der Waals surface area contributed by atoms with Gasteiger partial charge in [-0.3, -0.25) is 10.1 Å². The molecular formula is C19H24N6O3S2. The van der Waals surface area contributed by atoms with Crippen molar-refractivity contribution in [3.8, 4) is 11.5 Å². The fourth-order valence-corrected chi connectivity index (χ4v) is 4.06. The number of methoxy groups -OCH3 is 1. The maximum Gasteiger partial charge on any atom is 0.236 e. The number of nitrogens with zero attached hydrogens (tertiary/aromatic N) is 5. The van der Waals surface area contributed by atoms with Crippen LogP contribution in [-0.4, -0.2) is 43.7 Å². The molecule has 2 aromatic heterocycles. The van der Waals surface area contributed by atoms with Crippen molar-refractivity contribution in [2.75, 3.05) is 18.2 Å². The van der Waals surface area contributed by atoms with Gasteiger partial charge in [-0.25, -0.2) is 0 Å². The van der Waals surface area contributed by atoms with Crippen molar-refractivity contribution >= 4 is 34.1 Å². The number of thioether (sulfide) groups is 1. The molecule has 160 valence electrons. The molecule has 30 heavy (non-hydrogen) atoms. The first-order valence-corrected chi connectivity index (χ1v) is 11.2. The molecule has 0 saturated carbocycles. The third-order valence-electron chi connectivity index (χ3n) is 4.05. The van der Waals surface area contributed by atoms with Gasteiger partial charge in [0, 0.05) is 12.5 Å². The third-order valence-corrected chi connectivity index (χ3v) is 6.16. The van der Waals surface area contributed by atoms with Crippen LogP contribution in [0.3, 0.4) is 0 Å². The monoisotopic (exact) mass is 448 g/mol. The summed E-state index contributed by atoms with van der Waals surface area (Å²) in [6.07, 6.45) is 0. The number of benzene rings is 1. The van der Waals surface area contributed by atoms with E-state index in [0.29, 0.717) is 28.4 Å². The molecule has 1 N–H and O–H groups in total. The van der Waals surface area contributed by atoms with Crippen molar-refractivity contribution in [1.29, 1.82) is 0 Å². The highest BCUT2D eigenvalue weighted by molar-refractivity contribution is 7.99. The molecule has 1 amide bonds. The minimum absolute atomic E-state index is 0.159. The van der Waals surface area contributed by atoms with E-state index in [1.165, 1.54) is 23.1 Å². The zero-order valence-electron chi connectivity index (χ0n) is 17.3. The predicted molar refractivity (Wildman–Crippen MR) is 116 cm³/mol. The van der Waals surface area contributed by atoms with Crippen LogP contribution in [0, 0.1) is 0 Å². The van der Waals surface area contributed by atoms with Crippen LogP contribution in [0.4, 0.5) is 5.13 Å². The van der Waals surface area contributed by atoms with Crippen LogP contribution in [0.2, 0.25) is 0 Å². The first-order valence-electron chi connectivity index (χ1n) is 9.45. The fraction of sp³-hybridized carbons (Fsp3) is 0.421. The molecule has 0 radical (unpaired) electrons. The van der Waals surface area contributed by atoms with Crippen molar-refractivity contribution in [3.63, 3.8) is 0 Å². The molecule has 2 heterocycles. The number of anilines is 1. The molecule has 0 fully saturated rings. The molecule has 0 aliphatic carbocycles. The van der Waals surface area contributed by atoms with Gasteiger partial charge in [-0.15, -0.1) is 20.4 Å². The maximum absolute atomic E-state index is 12.2. The fourth-order valence-electron chi connectivity index (χ4n) is 2.47. The first kappa shape index (κ1) is 22.0. The Hall–Kier alpha value is -2.66. The number of rotatable bonds is 10. The van der Waals surface area contributed by atoms with Crippen molar-refractivity contribution < 1.29 is 14.3 Å². The average Bonchev–Trinajstić information content (AvgIpc) is 3.37. The van der Waals surface area contributed by atoms with Crippen molar-refractivity contribution in [2.45, 2.75) is 45.0 Å². The smallest absolute Gasteiger partial charge is 0.236 e. The van der Waals surface area contributed by atoms with Gasteiger partial charge in [0.15, 0.2) is 11.0 Å². The van der Waals surface area contributed by atoms with Gasteiger partial charge in [0.1, 0.15) is 23.1 Å². The predicted octanol–water partition coefficient (Wildman–Crippen LogP) is 3.59. The summed E-state index contributed by atoms with van der Waals surface area (Å²) in [5, 5.41) is 21.3. The lowest BCUT2D eigenvalue weighted by Gasteiger charge is -2.09. The summed E-state index contributed by atoms with van der Waals surface area (Å²) in [6.45, 7) is 7.03. The van der Waals surface area contributed by atoms with Crippen LogP contribution in [0.5, 0.6) is 11.5 Å². The Bertz CT molecular complexity index is 971. The number of carbonyl (C=O) groups is 1. The number of nitrogens with one attached hydrogen (secondary N) is 1. The van der Waals surface area contributed by atoms with E-state index >= 15 is 0 Å². The summed E-state index contributed by atoms with van der Waals surface area (Å²) < 4.78 is 12.9. The zero-order chi connectivity index (χ0) is 21.5. The Morgan fingerprint density at radius 3 is 2.53 bits per heavy atom. The SMILES string of the molecule is CCn1c(COc2ccc(OC)cc2)nnc1SCC(=O)Nc1nnc(C(C)C)s1. The summed E-state index contributed by atoms with van der Waals surface area (Å²) >= 11 is 2.71. The molecular weight excluding hydrogens is 424 g/mol. The van der Waals surface area contributed by atoms with Crippen molar-refractivity contribution in [1.82, 2.24) is 25.0 Å². The van der Waals surface area contributed by atoms with Crippen LogP contribution in [0.15, 0.2) is 29.4 Å². The van der Waals surface area contributed by atoms with Crippen molar-refractivity contribution in [2.24, 2.45) is 0 Å². The van der Waals surface area contributed by atoms with E-state index in [-0.39, 0.29) is 24.2 Å². The van der Waals surface area contributed by atoms with Gasteiger partial charge in [-0.1, -0.05) is 36.9 Å². The molecule has 3 aromatic rings. The highest BCUT2D eigenvalue weighted by atomic mass is 32.2. The van der Waals surface area contributed by atoms with Gasteiger partial charge < -0.3 is 14.0 Å². The van der Waals surface area contributed by atoms with E-state index in [1.54, 1.807) is 7.11 Å². The number of hydrogen-bond donors (Lipinski definition) is 1. The Kier molecular flexibility index (Phi) is 7.63. The van der Waals surface area contributed by atoms with E-state index in [0.717, 1.165) is 10.8 Å². The number of ether oxygens (including phenoxy) is 2. The Morgan fingerprint density at radius 2 is 1.90 bits per heavy atom. The molecule has 0 bridgehead atoms. The van der Waals surface area contributed by atoms with E-state index in [1.807, 2.05) is 49.6 Å². The average molecular weight is 449 g/mol. The van der Waals surface area contributed by atoms with E-state index in [2.05, 4.69) is 25.7 Å². The summed E-state index contributed by atoms with van der Waals surface area (Å²) in [5.41, 5.74) is 0. The molecule has 3 rings (SSSR count). The minimum atomic E-state index is -0.159. The standard InChI is InChI=1S/C19H24N6O3S2/c1-5-25-15(10-28-14-8-6-13(27-4)7-9-14)21-24-19(25)29-11-16(26)20-18-23-22-17(30-18)12(2)3/h6-9,12H,5,10-11H2,1-4H3,(H,20,23,26). The summed E-state index contributed by atoms with van der Waals surface area (Å²) in [4.78, 5) is 12.2. The molecule has 0 atom stereocenters. The summed E-state index contributed by atoms with van der Waals surface area (Å²) in [6, 6.07) is 7.34. The topological polar surface area (TPSA) is 104 Å². The lowest BCUT2D eigenvalue weighted by atomic mass is 10.2. The van der Waals surface area contributed by atoms with Gasteiger partial charge in [0.05, 0.1) is 12.9 Å². The highest BCUT2D eigenvalue weighted by Crippen LogP contribution is 2.24. The van der Waals surface area contributed by atoms with Crippen LogP contribution in [-0.2, 0) is 17.9 Å². The molecule has 9 nitrogen and oxygen atoms in total. The highest BCUT2D eigenvalue weighted by Gasteiger charge is 2.15. The van der Waals surface area contributed by atoms with E-state index in [4.69, 9.17) is 9.47 Å². The molecule has 0 saturated heterocycles. The Labute approximate surface area is 183 Å². The second kappa shape index (κ2) is 10.4. The van der Waals surface area contributed by atoms with Crippen molar-refractivity contribution in [3.05, 3.63) is 35.1 Å². The maximum atomic E-state index is 12.2. The lowest BCUT2D eigenvalue weighted by molar-refractivity contribution is -0.113. The molecule has 0 spiro atoms. The normalized spacial score (nSPS) is 11.0.